The van der Waals surface area contributed by atoms with E-state index < -0.39 is 6.10 Å². The van der Waals surface area contributed by atoms with E-state index in [0.717, 1.165) is 25.7 Å². The lowest BCUT2D eigenvalue weighted by atomic mass is 10.1. The Hall–Kier alpha value is -3.02. The van der Waals surface area contributed by atoms with E-state index in [1.165, 1.54) is 29.5 Å². The molecule has 6 heteroatoms. The number of fused-ring (bicyclic) bond motifs is 1. The molecule has 5 nitrogen and oxygen atoms in total. The lowest BCUT2D eigenvalue weighted by Crippen LogP contribution is -2.47. The van der Waals surface area contributed by atoms with Crippen molar-refractivity contribution in [2.45, 2.75) is 50.7 Å². The Morgan fingerprint density at radius 2 is 1.87 bits per heavy atom. The van der Waals surface area contributed by atoms with Gasteiger partial charge in [-0.25, -0.2) is 9.18 Å². The fourth-order valence-corrected chi connectivity index (χ4v) is 4.10. The van der Waals surface area contributed by atoms with Crippen molar-refractivity contribution in [3.8, 4) is 0 Å². The molecule has 3 aliphatic rings. The van der Waals surface area contributed by atoms with Crippen molar-refractivity contribution >= 4 is 23.6 Å². The number of carbonyl (C=O) groups excluding carboxylic acids is 2. The second-order valence-corrected chi connectivity index (χ2v) is 7.91. The molecule has 0 spiro atoms. The Kier molecular flexibility index (Phi) is 6.21. The van der Waals surface area contributed by atoms with Crippen LogP contribution in [0.25, 0.3) is 6.08 Å². The van der Waals surface area contributed by atoms with Gasteiger partial charge >= 0.3 is 5.91 Å². The third-order valence-corrected chi connectivity index (χ3v) is 5.67. The Balaban J connectivity index is 1.56. The number of amides is 2. The van der Waals surface area contributed by atoms with E-state index in [4.69, 9.17) is 4.74 Å². The largest absolute Gasteiger partial charge is 0.465 e. The molecule has 1 saturated carbocycles. The third kappa shape index (κ3) is 4.75. The molecule has 0 radical (unpaired) electrons. The SMILES string of the molecule is O=C(C[N+]1=C2C=CC=CC2O/C(=C/c2ccc(F)cc2)C1=O)NC1CCCCCC1. The van der Waals surface area contributed by atoms with Crippen LogP contribution >= 0.6 is 0 Å². The third-order valence-electron chi connectivity index (χ3n) is 5.67. The molecule has 30 heavy (non-hydrogen) atoms. The summed E-state index contributed by atoms with van der Waals surface area (Å²) in [5.74, 6) is -0.743. The van der Waals surface area contributed by atoms with E-state index in [2.05, 4.69) is 5.32 Å². The van der Waals surface area contributed by atoms with Gasteiger partial charge in [-0.1, -0.05) is 50.0 Å². The van der Waals surface area contributed by atoms with E-state index in [1.54, 1.807) is 24.3 Å². The number of hydrogen-bond acceptors (Lipinski definition) is 3. The molecule has 2 amide bonds. The molecule has 1 unspecified atom stereocenters. The predicted molar refractivity (Wildman–Crippen MR) is 112 cm³/mol. The van der Waals surface area contributed by atoms with Crippen LogP contribution in [0.2, 0.25) is 0 Å². The van der Waals surface area contributed by atoms with Crippen molar-refractivity contribution in [1.82, 2.24) is 5.32 Å². The number of allylic oxidation sites excluding steroid dienone is 2. The average molecular weight is 409 g/mol. The van der Waals surface area contributed by atoms with E-state index in [1.807, 2.05) is 18.2 Å². The van der Waals surface area contributed by atoms with Gasteiger partial charge in [-0.2, -0.15) is 0 Å². The van der Waals surface area contributed by atoms with Crippen LogP contribution in [-0.2, 0) is 14.3 Å². The smallest absolute Gasteiger partial charge is 0.455 e. The van der Waals surface area contributed by atoms with Gasteiger partial charge in [-0.05, 0) is 42.7 Å². The van der Waals surface area contributed by atoms with Gasteiger partial charge in [-0.15, -0.1) is 4.58 Å². The summed E-state index contributed by atoms with van der Waals surface area (Å²) in [6.45, 7) is -0.0521. The molecule has 0 bridgehead atoms. The molecule has 2 aliphatic carbocycles. The summed E-state index contributed by atoms with van der Waals surface area (Å²) in [6, 6.07) is 6.00. The van der Waals surface area contributed by atoms with Crippen LogP contribution in [0, 0.1) is 5.82 Å². The highest BCUT2D eigenvalue weighted by Gasteiger charge is 2.40. The standard InChI is InChI=1S/C24H25FN2O3/c25-18-13-11-17(12-14-18)15-22-24(29)27(20-9-5-6-10-21(20)30-22)16-23(28)26-19-7-3-1-2-4-8-19/h5-6,9-15,19,21H,1-4,7-8,16H2/p+1/b22-15+. The Morgan fingerprint density at radius 1 is 1.13 bits per heavy atom. The van der Waals surface area contributed by atoms with Gasteiger partial charge in [0.15, 0.2) is 0 Å². The summed E-state index contributed by atoms with van der Waals surface area (Å²) in [6.07, 6.45) is 15.1. The summed E-state index contributed by atoms with van der Waals surface area (Å²) in [5, 5.41) is 3.10. The zero-order valence-electron chi connectivity index (χ0n) is 16.9. The van der Waals surface area contributed by atoms with Crippen molar-refractivity contribution in [3.63, 3.8) is 0 Å². The van der Waals surface area contributed by atoms with Gasteiger partial charge in [0.1, 0.15) is 5.82 Å². The second kappa shape index (κ2) is 9.20. The molecule has 0 saturated heterocycles. The molecule has 1 aromatic rings. The highest BCUT2D eigenvalue weighted by atomic mass is 19.1. The minimum atomic E-state index is -0.440. The molecule has 156 valence electrons. The lowest BCUT2D eigenvalue weighted by Gasteiger charge is -2.23. The van der Waals surface area contributed by atoms with Crippen molar-refractivity contribution in [1.29, 1.82) is 0 Å². The predicted octanol–water partition coefficient (Wildman–Crippen LogP) is 3.51. The molecule has 1 heterocycles. The van der Waals surface area contributed by atoms with Crippen LogP contribution in [0.4, 0.5) is 4.39 Å². The lowest BCUT2D eigenvalue weighted by molar-refractivity contribution is -0.443. The maximum Gasteiger partial charge on any atom is 0.455 e. The quantitative estimate of drug-likeness (QED) is 0.470. The molecule has 1 atom stereocenters. The van der Waals surface area contributed by atoms with E-state index in [9.17, 15) is 14.0 Å². The number of benzene rings is 1. The van der Waals surface area contributed by atoms with E-state index in [-0.39, 0.29) is 36.0 Å². The highest BCUT2D eigenvalue weighted by Crippen LogP contribution is 2.21. The first-order chi connectivity index (χ1) is 14.6. The van der Waals surface area contributed by atoms with Gasteiger partial charge in [-0.3, -0.25) is 4.79 Å². The zero-order valence-corrected chi connectivity index (χ0v) is 16.9. The summed E-state index contributed by atoms with van der Waals surface area (Å²) >= 11 is 0. The van der Waals surface area contributed by atoms with Crippen LogP contribution in [0.15, 0.2) is 54.3 Å². The molecule has 1 N–H and O–H groups in total. The van der Waals surface area contributed by atoms with Crippen molar-refractivity contribution in [2.75, 3.05) is 6.54 Å². The second-order valence-electron chi connectivity index (χ2n) is 7.91. The Labute approximate surface area is 175 Å². The van der Waals surface area contributed by atoms with Gasteiger partial charge in [0, 0.05) is 12.1 Å². The summed E-state index contributed by atoms with van der Waals surface area (Å²) in [4.78, 5) is 25.9. The van der Waals surface area contributed by atoms with E-state index in [0.29, 0.717) is 11.3 Å². The van der Waals surface area contributed by atoms with Crippen LogP contribution in [0.3, 0.4) is 0 Å². The van der Waals surface area contributed by atoms with Crippen molar-refractivity contribution in [2.24, 2.45) is 0 Å². The van der Waals surface area contributed by atoms with Gasteiger partial charge in [0.05, 0.1) is 0 Å². The number of rotatable bonds is 4. The van der Waals surface area contributed by atoms with Gasteiger partial charge in [0.2, 0.25) is 24.1 Å². The number of hydrogen-bond donors (Lipinski definition) is 1. The zero-order chi connectivity index (χ0) is 20.9. The van der Waals surface area contributed by atoms with Crippen LogP contribution in [-0.4, -0.2) is 40.8 Å². The summed E-state index contributed by atoms with van der Waals surface area (Å²) < 4.78 is 20.6. The normalized spacial score (nSPS) is 23.2. The molecule has 0 aromatic heterocycles. The Bertz CT molecular complexity index is 936. The molecule has 1 fully saturated rings. The van der Waals surface area contributed by atoms with Crippen LogP contribution < -0.4 is 5.32 Å². The number of nitrogens with one attached hydrogen (secondary N) is 1. The first kappa shape index (κ1) is 20.3. The minimum Gasteiger partial charge on any atom is -0.465 e. The first-order valence-corrected chi connectivity index (χ1v) is 10.6. The van der Waals surface area contributed by atoms with E-state index >= 15 is 0 Å². The number of halogens is 1. The molecule has 1 aliphatic heterocycles. The fourth-order valence-electron chi connectivity index (χ4n) is 4.10. The van der Waals surface area contributed by atoms with Crippen LogP contribution in [0.5, 0.6) is 0 Å². The molecule has 1 aromatic carbocycles. The maximum atomic E-state index is 13.2. The number of carbonyl (C=O) groups is 2. The molecular weight excluding hydrogens is 383 g/mol. The minimum absolute atomic E-state index is 0.0521. The average Bonchev–Trinajstić information content (AvgIpc) is 3.01. The number of nitrogens with zero attached hydrogens (tertiary/aromatic N) is 1. The Morgan fingerprint density at radius 3 is 2.60 bits per heavy atom. The summed E-state index contributed by atoms with van der Waals surface area (Å²) in [5.41, 5.74) is 1.30. The maximum absolute atomic E-state index is 13.2. The van der Waals surface area contributed by atoms with Gasteiger partial charge < -0.3 is 10.1 Å². The van der Waals surface area contributed by atoms with Crippen LogP contribution in [0.1, 0.15) is 44.1 Å². The first-order valence-electron chi connectivity index (χ1n) is 10.6. The monoisotopic (exact) mass is 409 g/mol. The molecular formula is C24H26FN2O3+. The fraction of sp³-hybridized carbons (Fsp3) is 0.375. The number of ether oxygens (including phenoxy) is 1. The van der Waals surface area contributed by atoms with Crippen molar-refractivity contribution < 1.29 is 23.3 Å². The topological polar surface area (TPSA) is 58.4 Å². The highest BCUT2D eigenvalue weighted by molar-refractivity contribution is 6.06. The van der Waals surface area contributed by atoms with Crippen molar-refractivity contribution in [3.05, 3.63) is 65.7 Å². The van der Waals surface area contributed by atoms with Gasteiger partial charge in [0.25, 0.3) is 5.91 Å². The molecule has 4 rings (SSSR count). The summed E-state index contributed by atoms with van der Waals surface area (Å²) in [7, 11) is 0.